The van der Waals surface area contributed by atoms with Crippen molar-refractivity contribution in [3.63, 3.8) is 0 Å². The zero-order chi connectivity index (χ0) is 9.56. The third-order valence-electron chi connectivity index (χ3n) is 1.96. The van der Waals surface area contributed by atoms with Crippen LogP contribution in [-0.2, 0) is 4.79 Å². The van der Waals surface area contributed by atoms with Gasteiger partial charge in [0.05, 0.1) is 0 Å². The van der Waals surface area contributed by atoms with Gasteiger partial charge in [-0.25, -0.2) is 0 Å². The zero-order valence-electron chi connectivity index (χ0n) is 8.34. The van der Waals surface area contributed by atoms with E-state index in [0.29, 0.717) is 18.8 Å². The molecule has 0 aromatic rings. The Morgan fingerprint density at radius 2 is 2.00 bits per heavy atom. The van der Waals surface area contributed by atoms with Crippen molar-refractivity contribution >= 4 is 5.78 Å². The van der Waals surface area contributed by atoms with Gasteiger partial charge in [-0.3, -0.25) is 4.79 Å². The fraction of sp³-hybridized carbons (Fsp3) is 0.900. The number of Topliss-reactive ketones (excluding diaryl/α,β-unsaturated/α-hetero) is 1. The molecule has 0 heterocycles. The summed E-state index contributed by atoms with van der Waals surface area (Å²) in [7, 11) is 0. The van der Waals surface area contributed by atoms with Crippen LogP contribution in [-0.4, -0.2) is 17.0 Å². The van der Waals surface area contributed by atoms with Gasteiger partial charge in [-0.2, -0.15) is 0 Å². The van der Waals surface area contributed by atoms with E-state index in [1.54, 1.807) is 0 Å². The Bertz CT molecular complexity index is 130. The molecule has 0 rings (SSSR count). The molecule has 0 fully saturated rings. The van der Waals surface area contributed by atoms with Crippen LogP contribution in [0.1, 0.15) is 46.5 Å². The fourth-order valence-electron chi connectivity index (χ4n) is 1.08. The lowest BCUT2D eigenvalue weighted by Crippen LogP contribution is -2.18. The average Bonchev–Trinajstić information content (AvgIpc) is 2.02. The van der Waals surface area contributed by atoms with E-state index in [2.05, 4.69) is 13.8 Å². The van der Waals surface area contributed by atoms with E-state index >= 15 is 0 Å². The van der Waals surface area contributed by atoms with Crippen LogP contribution in [0.25, 0.3) is 0 Å². The molecule has 0 amide bonds. The Kier molecular flexibility index (Phi) is 5.99. The van der Waals surface area contributed by atoms with Gasteiger partial charge in [-0.1, -0.05) is 27.2 Å². The van der Waals surface area contributed by atoms with Gasteiger partial charge in [-0.15, -0.1) is 0 Å². The van der Waals surface area contributed by atoms with E-state index in [-0.39, 0.29) is 5.78 Å². The number of aliphatic hydroxyl groups excluding tert-OH is 1. The second kappa shape index (κ2) is 6.18. The van der Waals surface area contributed by atoms with E-state index < -0.39 is 6.10 Å². The van der Waals surface area contributed by atoms with Crippen LogP contribution >= 0.6 is 0 Å². The zero-order valence-corrected chi connectivity index (χ0v) is 8.34. The number of hydrogen-bond donors (Lipinski definition) is 1. The summed E-state index contributed by atoms with van der Waals surface area (Å²) < 4.78 is 0. The second-order valence-corrected chi connectivity index (χ2v) is 3.68. The van der Waals surface area contributed by atoms with Crippen molar-refractivity contribution in [3.8, 4) is 0 Å². The van der Waals surface area contributed by atoms with Crippen molar-refractivity contribution in [2.75, 3.05) is 0 Å². The number of aliphatic hydroxyl groups is 1. The molecular weight excluding hydrogens is 152 g/mol. The smallest absolute Gasteiger partial charge is 0.161 e. The maximum absolute atomic E-state index is 11.1. The maximum Gasteiger partial charge on any atom is 0.161 e. The molecule has 0 spiro atoms. The molecular formula is C10H20O2. The summed E-state index contributed by atoms with van der Waals surface area (Å²) in [6.07, 6.45) is 2.33. The highest BCUT2D eigenvalue weighted by Crippen LogP contribution is 2.08. The first-order valence-electron chi connectivity index (χ1n) is 4.78. The van der Waals surface area contributed by atoms with Crippen LogP contribution in [0.15, 0.2) is 0 Å². The highest BCUT2D eigenvalue weighted by atomic mass is 16.3. The van der Waals surface area contributed by atoms with Crippen molar-refractivity contribution in [3.05, 3.63) is 0 Å². The van der Waals surface area contributed by atoms with Crippen LogP contribution in [0.5, 0.6) is 0 Å². The molecule has 1 atom stereocenters. The van der Waals surface area contributed by atoms with E-state index in [9.17, 15) is 4.79 Å². The number of hydrogen-bond acceptors (Lipinski definition) is 2. The molecule has 0 aromatic carbocycles. The quantitative estimate of drug-likeness (QED) is 0.666. The standard InChI is InChI=1S/C10H20O2/c1-4-9(11)10(12)7-5-6-8(2)3/h8-9,11H,4-7H2,1-3H3. The van der Waals surface area contributed by atoms with Crippen LogP contribution in [0.3, 0.4) is 0 Å². The van der Waals surface area contributed by atoms with Gasteiger partial charge in [0.25, 0.3) is 0 Å². The Morgan fingerprint density at radius 3 is 2.42 bits per heavy atom. The molecule has 2 heteroatoms. The SMILES string of the molecule is CCC(O)C(=O)CCCC(C)C. The largest absolute Gasteiger partial charge is 0.385 e. The normalized spacial score (nSPS) is 13.4. The van der Waals surface area contributed by atoms with Crippen molar-refractivity contribution < 1.29 is 9.90 Å². The van der Waals surface area contributed by atoms with Crippen molar-refractivity contribution in [1.82, 2.24) is 0 Å². The minimum absolute atomic E-state index is 0.00171. The highest BCUT2D eigenvalue weighted by molar-refractivity contribution is 5.82. The van der Waals surface area contributed by atoms with Crippen LogP contribution in [0.2, 0.25) is 0 Å². The predicted octanol–water partition coefficient (Wildman–Crippen LogP) is 2.15. The Labute approximate surface area is 75.0 Å². The third kappa shape index (κ3) is 5.30. The predicted molar refractivity (Wildman–Crippen MR) is 50.0 cm³/mol. The third-order valence-corrected chi connectivity index (χ3v) is 1.96. The topological polar surface area (TPSA) is 37.3 Å². The van der Waals surface area contributed by atoms with Gasteiger partial charge >= 0.3 is 0 Å². The van der Waals surface area contributed by atoms with Crippen molar-refractivity contribution in [1.29, 1.82) is 0 Å². The summed E-state index contributed by atoms with van der Waals surface area (Å²) in [5, 5.41) is 9.14. The van der Waals surface area contributed by atoms with Gasteiger partial charge in [0.15, 0.2) is 5.78 Å². The average molecular weight is 172 g/mol. The van der Waals surface area contributed by atoms with Gasteiger partial charge in [0.2, 0.25) is 0 Å². The Morgan fingerprint density at radius 1 is 1.42 bits per heavy atom. The van der Waals surface area contributed by atoms with Gasteiger partial charge in [-0.05, 0) is 18.8 Å². The van der Waals surface area contributed by atoms with Gasteiger partial charge in [0.1, 0.15) is 6.10 Å². The van der Waals surface area contributed by atoms with Crippen LogP contribution in [0.4, 0.5) is 0 Å². The van der Waals surface area contributed by atoms with E-state index in [1.165, 1.54) is 0 Å². The van der Waals surface area contributed by atoms with Crippen molar-refractivity contribution in [2.45, 2.75) is 52.6 Å². The van der Waals surface area contributed by atoms with E-state index in [1.807, 2.05) is 6.92 Å². The minimum atomic E-state index is -0.725. The number of rotatable bonds is 6. The minimum Gasteiger partial charge on any atom is -0.385 e. The number of ketones is 1. The van der Waals surface area contributed by atoms with E-state index in [0.717, 1.165) is 12.8 Å². The van der Waals surface area contributed by atoms with Crippen molar-refractivity contribution in [2.24, 2.45) is 5.92 Å². The first-order chi connectivity index (χ1) is 5.57. The molecule has 0 aliphatic carbocycles. The highest BCUT2D eigenvalue weighted by Gasteiger charge is 2.11. The first kappa shape index (κ1) is 11.6. The molecule has 0 aliphatic heterocycles. The summed E-state index contributed by atoms with van der Waals surface area (Å²) in [6.45, 7) is 6.10. The molecule has 72 valence electrons. The van der Waals surface area contributed by atoms with Gasteiger partial charge in [0, 0.05) is 6.42 Å². The summed E-state index contributed by atoms with van der Waals surface area (Å²) >= 11 is 0. The summed E-state index contributed by atoms with van der Waals surface area (Å²) in [4.78, 5) is 11.1. The van der Waals surface area contributed by atoms with Gasteiger partial charge < -0.3 is 5.11 Å². The second-order valence-electron chi connectivity index (χ2n) is 3.68. The lowest BCUT2D eigenvalue weighted by atomic mass is 10.0. The Balaban J connectivity index is 3.44. The summed E-state index contributed by atoms with van der Waals surface area (Å²) in [6, 6.07) is 0. The lowest BCUT2D eigenvalue weighted by molar-refractivity contribution is -0.127. The molecule has 1 unspecified atom stereocenters. The first-order valence-corrected chi connectivity index (χ1v) is 4.78. The molecule has 0 saturated carbocycles. The number of carbonyl (C=O) groups is 1. The monoisotopic (exact) mass is 172 g/mol. The molecule has 0 aliphatic rings. The molecule has 0 aromatic heterocycles. The fourth-order valence-corrected chi connectivity index (χ4v) is 1.08. The lowest BCUT2D eigenvalue weighted by Gasteiger charge is -2.07. The summed E-state index contributed by atoms with van der Waals surface area (Å²) in [5.74, 6) is 0.648. The molecule has 1 N–H and O–H groups in total. The van der Waals surface area contributed by atoms with Crippen LogP contribution < -0.4 is 0 Å². The molecule has 2 nitrogen and oxygen atoms in total. The maximum atomic E-state index is 11.1. The van der Waals surface area contributed by atoms with E-state index in [4.69, 9.17) is 5.11 Å². The number of carbonyl (C=O) groups excluding carboxylic acids is 1. The molecule has 12 heavy (non-hydrogen) atoms. The Hall–Kier alpha value is -0.370. The van der Waals surface area contributed by atoms with Crippen LogP contribution in [0, 0.1) is 5.92 Å². The molecule has 0 bridgehead atoms. The summed E-state index contributed by atoms with van der Waals surface area (Å²) in [5.41, 5.74) is 0. The molecule has 0 radical (unpaired) electrons. The molecule has 0 saturated heterocycles.